The first-order chi connectivity index (χ1) is 17.2. The lowest BCUT2D eigenvalue weighted by molar-refractivity contribution is -0.384. The smallest absolute Gasteiger partial charge is 0.295 e. The number of methoxy groups -OCH3 is 1. The maximum Gasteiger partial charge on any atom is 0.295 e. The highest BCUT2D eigenvalue weighted by atomic mass is 16.6. The van der Waals surface area contributed by atoms with Gasteiger partial charge in [0.25, 0.3) is 17.4 Å². The molecule has 3 aromatic carbocycles. The molecule has 0 saturated carbocycles. The van der Waals surface area contributed by atoms with Crippen LogP contribution in [0.2, 0.25) is 0 Å². The third kappa shape index (κ3) is 4.57. The highest BCUT2D eigenvalue weighted by Crippen LogP contribution is 2.41. The molecule has 8 nitrogen and oxygen atoms in total. The van der Waals surface area contributed by atoms with E-state index in [9.17, 15) is 24.8 Å². The lowest BCUT2D eigenvalue weighted by Crippen LogP contribution is -2.29. The summed E-state index contributed by atoms with van der Waals surface area (Å²) in [5.74, 6) is -1.24. The first-order valence-corrected chi connectivity index (χ1v) is 11.5. The van der Waals surface area contributed by atoms with Crippen LogP contribution in [0.25, 0.3) is 5.76 Å². The van der Waals surface area contributed by atoms with Crippen LogP contribution >= 0.6 is 0 Å². The van der Waals surface area contributed by atoms with Gasteiger partial charge in [-0.3, -0.25) is 19.7 Å². The molecule has 1 atom stereocenters. The zero-order valence-electron chi connectivity index (χ0n) is 20.2. The molecule has 1 N–H and O–H groups in total. The van der Waals surface area contributed by atoms with E-state index in [0.717, 1.165) is 5.56 Å². The van der Waals surface area contributed by atoms with Gasteiger partial charge >= 0.3 is 0 Å². The minimum atomic E-state index is -0.893. The Kier molecular flexibility index (Phi) is 6.87. The van der Waals surface area contributed by atoms with Gasteiger partial charge in [-0.1, -0.05) is 68.4 Å². The SMILES string of the molecule is COc1ccccc1CN1C(=O)C(=O)/C(=C(\O)c2cccc([N+](=O)[O-])c2)C1c1ccc(C(C)C)cc1. The first-order valence-electron chi connectivity index (χ1n) is 11.5. The van der Waals surface area contributed by atoms with Crippen LogP contribution in [0.5, 0.6) is 5.75 Å². The molecular weight excluding hydrogens is 460 g/mol. The number of nitro groups is 1. The Morgan fingerprint density at radius 1 is 1.06 bits per heavy atom. The van der Waals surface area contributed by atoms with Gasteiger partial charge in [0, 0.05) is 23.3 Å². The van der Waals surface area contributed by atoms with Crippen molar-refractivity contribution in [2.75, 3.05) is 7.11 Å². The summed E-state index contributed by atoms with van der Waals surface area (Å²) >= 11 is 0. The second-order valence-corrected chi connectivity index (χ2v) is 8.87. The third-order valence-electron chi connectivity index (χ3n) is 6.32. The number of aliphatic hydroxyl groups excluding tert-OH is 1. The first kappa shape index (κ1) is 24.7. The Labute approximate surface area is 208 Å². The van der Waals surface area contributed by atoms with Gasteiger partial charge in [0.05, 0.1) is 30.2 Å². The number of non-ortho nitro benzene ring substituents is 1. The van der Waals surface area contributed by atoms with Gasteiger partial charge in [-0.15, -0.1) is 0 Å². The molecule has 1 heterocycles. The van der Waals surface area contributed by atoms with Gasteiger partial charge in [-0.05, 0) is 23.1 Å². The van der Waals surface area contributed by atoms with Gasteiger partial charge in [0.15, 0.2) is 0 Å². The molecule has 0 radical (unpaired) electrons. The standard InChI is InChI=1S/C28H26N2O6/c1-17(2)18-11-13-19(14-12-18)25-24(26(31)20-8-6-9-22(15-20)30(34)35)27(32)28(33)29(25)16-21-7-4-5-10-23(21)36-3/h4-15,17,25,31H,16H2,1-3H3/b26-24-. The van der Waals surface area contributed by atoms with E-state index in [1.807, 2.05) is 30.3 Å². The van der Waals surface area contributed by atoms with Crippen molar-refractivity contribution in [3.8, 4) is 5.75 Å². The number of para-hydroxylation sites is 1. The fourth-order valence-corrected chi connectivity index (χ4v) is 4.39. The summed E-state index contributed by atoms with van der Waals surface area (Å²) in [4.78, 5) is 38.6. The zero-order chi connectivity index (χ0) is 26.0. The van der Waals surface area contributed by atoms with Crippen molar-refractivity contribution in [1.82, 2.24) is 4.90 Å². The van der Waals surface area contributed by atoms with E-state index in [2.05, 4.69) is 13.8 Å². The number of benzene rings is 3. The fraction of sp³-hybridized carbons (Fsp3) is 0.214. The van der Waals surface area contributed by atoms with E-state index in [1.54, 1.807) is 18.2 Å². The monoisotopic (exact) mass is 486 g/mol. The summed E-state index contributed by atoms with van der Waals surface area (Å²) in [7, 11) is 1.53. The van der Waals surface area contributed by atoms with Gasteiger partial charge in [-0.2, -0.15) is 0 Å². The fourth-order valence-electron chi connectivity index (χ4n) is 4.39. The van der Waals surface area contributed by atoms with Crippen LogP contribution in [-0.4, -0.2) is 33.7 Å². The number of hydrogen-bond acceptors (Lipinski definition) is 6. The van der Waals surface area contributed by atoms with Crippen molar-refractivity contribution >= 4 is 23.1 Å². The van der Waals surface area contributed by atoms with Crippen molar-refractivity contribution in [3.05, 3.63) is 111 Å². The van der Waals surface area contributed by atoms with Crippen LogP contribution in [0.3, 0.4) is 0 Å². The maximum absolute atomic E-state index is 13.3. The van der Waals surface area contributed by atoms with Crippen LogP contribution in [0.15, 0.2) is 78.4 Å². The zero-order valence-corrected chi connectivity index (χ0v) is 20.2. The van der Waals surface area contributed by atoms with Crippen LogP contribution in [0, 0.1) is 10.1 Å². The maximum atomic E-state index is 13.3. The largest absolute Gasteiger partial charge is 0.507 e. The van der Waals surface area contributed by atoms with Gasteiger partial charge in [0.2, 0.25) is 0 Å². The molecule has 1 amide bonds. The third-order valence-corrected chi connectivity index (χ3v) is 6.32. The highest BCUT2D eigenvalue weighted by molar-refractivity contribution is 6.46. The Balaban J connectivity index is 1.88. The average Bonchev–Trinajstić information content (AvgIpc) is 3.13. The number of Topliss-reactive ketones (excluding diaryl/α,β-unsaturated/α-hetero) is 1. The molecule has 8 heteroatoms. The molecule has 0 bridgehead atoms. The van der Waals surface area contributed by atoms with Gasteiger partial charge in [-0.25, -0.2) is 0 Å². The van der Waals surface area contributed by atoms with E-state index < -0.39 is 28.4 Å². The van der Waals surface area contributed by atoms with Crippen LogP contribution < -0.4 is 4.74 Å². The molecule has 1 fully saturated rings. The normalized spacial score (nSPS) is 17.0. The Morgan fingerprint density at radius 2 is 1.75 bits per heavy atom. The number of carbonyl (C=O) groups excluding carboxylic acids is 2. The number of hydrogen-bond donors (Lipinski definition) is 1. The number of amides is 1. The molecule has 3 aromatic rings. The molecule has 1 unspecified atom stereocenters. The summed E-state index contributed by atoms with van der Waals surface area (Å²) in [5.41, 5.74) is 2.15. The topological polar surface area (TPSA) is 110 Å². The summed E-state index contributed by atoms with van der Waals surface area (Å²) in [6, 6.07) is 19.2. The molecule has 0 aromatic heterocycles. The van der Waals surface area contributed by atoms with E-state index >= 15 is 0 Å². The van der Waals surface area contributed by atoms with E-state index in [-0.39, 0.29) is 29.3 Å². The quantitative estimate of drug-likeness (QED) is 0.159. The summed E-state index contributed by atoms with van der Waals surface area (Å²) in [6.07, 6.45) is 0. The molecule has 4 rings (SSSR count). The predicted molar refractivity (Wildman–Crippen MR) is 134 cm³/mol. The molecule has 184 valence electrons. The van der Waals surface area contributed by atoms with Crippen LogP contribution in [0.4, 0.5) is 5.69 Å². The second-order valence-electron chi connectivity index (χ2n) is 8.87. The van der Waals surface area contributed by atoms with Crippen LogP contribution in [0.1, 0.15) is 48.1 Å². The van der Waals surface area contributed by atoms with Crippen molar-refractivity contribution in [1.29, 1.82) is 0 Å². The predicted octanol–water partition coefficient (Wildman–Crippen LogP) is 5.35. The van der Waals surface area contributed by atoms with Crippen molar-refractivity contribution in [2.24, 2.45) is 0 Å². The molecular formula is C28H26N2O6. The molecule has 0 aliphatic carbocycles. The number of ether oxygens (including phenoxy) is 1. The summed E-state index contributed by atoms with van der Waals surface area (Å²) in [5, 5.41) is 22.5. The molecule has 36 heavy (non-hydrogen) atoms. The number of nitro benzene ring substituents is 1. The lowest BCUT2D eigenvalue weighted by atomic mass is 9.93. The highest BCUT2D eigenvalue weighted by Gasteiger charge is 2.46. The van der Waals surface area contributed by atoms with Crippen molar-refractivity contribution < 1.29 is 24.4 Å². The summed E-state index contributed by atoms with van der Waals surface area (Å²) in [6.45, 7) is 4.19. The van der Waals surface area contributed by atoms with Gasteiger partial charge < -0.3 is 14.7 Å². The second kappa shape index (κ2) is 10.0. The Bertz CT molecular complexity index is 1360. The number of likely N-dealkylation sites (tertiary alicyclic amines) is 1. The molecule has 1 aliphatic rings. The van der Waals surface area contributed by atoms with Crippen LogP contribution in [-0.2, 0) is 16.1 Å². The molecule has 1 saturated heterocycles. The minimum Gasteiger partial charge on any atom is -0.507 e. The molecule has 1 aliphatic heterocycles. The Morgan fingerprint density at radius 3 is 2.39 bits per heavy atom. The number of aliphatic hydroxyl groups is 1. The van der Waals surface area contributed by atoms with Crippen molar-refractivity contribution in [3.63, 3.8) is 0 Å². The molecule has 0 spiro atoms. The van der Waals surface area contributed by atoms with Crippen molar-refractivity contribution in [2.45, 2.75) is 32.4 Å². The average molecular weight is 487 g/mol. The summed E-state index contributed by atoms with van der Waals surface area (Å²) < 4.78 is 5.43. The Hall–Kier alpha value is -4.46. The number of carbonyl (C=O) groups is 2. The van der Waals surface area contributed by atoms with E-state index in [4.69, 9.17) is 4.74 Å². The number of rotatable bonds is 7. The van der Waals surface area contributed by atoms with E-state index in [1.165, 1.54) is 36.3 Å². The number of nitrogens with zero attached hydrogens (tertiary/aromatic N) is 2. The lowest BCUT2D eigenvalue weighted by Gasteiger charge is -2.26. The number of ketones is 1. The van der Waals surface area contributed by atoms with Gasteiger partial charge in [0.1, 0.15) is 11.5 Å². The van der Waals surface area contributed by atoms with E-state index in [0.29, 0.717) is 16.9 Å². The minimum absolute atomic E-state index is 0.0664.